The molecule has 0 aromatic heterocycles. The van der Waals surface area contributed by atoms with Crippen LogP contribution in [0.2, 0.25) is 0 Å². The Kier molecular flexibility index (Phi) is 7.87. The second kappa shape index (κ2) is 11.0. The molecule has 0 radical (unpaired) electrons. The standard InChI is InChI=1S/C24H21BrN2O3/c1-2-28-23-13-19(15-27-30-17-21-11-7-6-10-20(21)14-26)12-22(25)24(23)29-16-18-8-4-3-5-9-18/h3-13,15H,2,16-17H2,1H3/b27-15-. The molecule has 152 valence electrons. The van der Waals surface area contributed by atoms with Crippen molar-refractivity contribution in [1.82, 2.24) is 0 Å². The number of oxime groups is 1. The number of nitriles is 1. The fraction of sp³-hybridized carbons (Fsp3) is 0.167. The number of ether oxygens (including phenoxy) is 2. The normalized spacial score (nSPS) is 10.6. The van der Waals surface area contributed by atoms with Gasteiger partial charge in [-0.05, 0) is 46.6 Å². The Morgan fingerprint density at radius 1 is 1.00 bits per heavy atom. The van der Waals surface area contributed by atoms with E-state index in [4.69, 9.17) is 19.6 Å². The molecule has 0 heterocycles. The summed E-state index contributed by atoms with van der Waals surface area (Å²) < 4.78 is 12.5. The Balaban J connectivity index is 1.69. The molecule has 0 spiro atoms. The summed E-state index contributed by atoms with van der Waals surface area (Å²) in [5, 5.41) is 13.2. The molecule has 5 nitrogen and oxygen atoms in total. The molecule has 30 heavy (non-hydrogen) atoms. The maximum absolute atomic E-state index is 9.13. The monoisotopic (exact) mass is 464 g/mol. The summed E-state index contributed by atoms with van der Waals surface area (Å²) in [6.07, 6.45) is 1.60. The van der Waals surface area contributed by atoms with Crippen molar-refractivity contribution in [1.29, 1.82) is 5.26 Å². The molecule has 0 saturated heterocycles. The maximum atomic E-state index is 9.13. The van der Waals surface area contributed by atoms with E-state index in [-0.39, 0.29) is 6.61 Å². The molecule has 6 heteroatoms. The average molecular weight is 465 g/mol. The molecule has 0 bridgehead atoms. The topological polar surface area (TPSA) is 63.8 Å². The zero-order valence-corrected chi connectivity index (χ0v) is 18.1. The Morgan fingerprint density at radius 3 is 2.53 bits per heavy atom. The molecule has 0 unspecified atom stereocenters. The highest BCUT2D eigenvalue weighted by Gasteiger charge is 2.12. The lowest BCUT2D eigenvalue weighted by Gasteiger charge is -2.14. The Morgan fingerprint density at radius 2 is 1.77 bits per heavy atom. The maximum Gasteiger partial charge on any atom is 0.175 e. The van der Waals surface area contributed by atoms with E-state index in [1.54, 1.807) is 12.3 Å². The van der Waals surface area contributed by atoms with Gasteiger partial charge in [0.2, 0.25) is 0 Å². The fourth-order valence-corrected chi connectivity index (χ4v) is 3.33. The number of nitrogens with zero attached hydrogens (tertiary/aromatic N) is 2. The van der Waals surface area contributed by atoms with Gasteiger partial charge in [0, 0.05) is 11.1 Å². The first-order chi connectivity index (χ1) is 14.7. The van der Waals surface area contributed by atoms with Gasteiger partial charge < -0.3 is 14.3 Å². The summed E-state index contributed by atoms with van der Waals surface area (Å²) in [4.78, 5) is 5.37. The highest BCUT2D eigenvalue weighted by Crippen LogP contribution is 2.37. The van der Waals surface area contributed by atoms with Gasteiger partial charge in [0.1, 0.15) is 13.2 Å². The lowest BCUT2D eigenvalue weighted by molar-refractivity contribution is 0.132. The second-order valence-corrected chi connectivity index (χ2v) is 7.17. The molecule has 0 saturated carbocycles. The minimum absolute atomic E-state index is 0.220. The summed E-state index contributed by atoms with van der Waals surface area (Å²) in [5.41, 5.74) is 3.24. The number of benzene rings is 3. The van der Waals surface area contributed by atoms with Crippen LogP contribution in [0, 0.1) is 11.3 Å². The van der Waals surface area contributed by atoms with Crippen LogP contribution in [0.4, 0.5) is 0 Å². The van der Waals surface area contributed by atoms with E-state index in [0.29, 0.717) is 30.3 Å². The lowest BCUT2D eigenvalue weighted by atomic mass is 10.1. The van der Waals surface area contributed by atoms with Crippen molar-refractivity contribution in [3.8, 4) is 17.6 Å². The van der Waals surface area contributed by atoms with Gasteiger partial charge in [-0.25, -0.2) is 0 Å². The minimum atomic E-state index is 0.220. The Labute approximate surface area is 184 Å². The van der Waals surface area contributed by atoms with Crippen LogP contribution < -0.4 is 9.47 Å². The van der Waals surface area contributed by atoms with Crippen LogP contribution in [0.3, 0.4) is 0 Å². The number of rotatable bonds is 9. The molecule has 3 aromatic rings. The van der Waals surface area contributed by atoms with Gasteiger partial charge in [-0.1, -0.05) is 53.7 Å². The van der Waals surface area contributed by atoms with Crippen molar-refractivity contribution in [3.05, 3.63) is 93.5 Å². The number of halogens is 1. The predicted molar refractivity (Wildman–Crippen MR) is 120 cm³/mol. The van der Waals surface area contributed by atoms with E-state index in [1.807, 2.05) is 67.6 Å². The average Bonchev–Trinajstić information content (AvgIpc) is 2.77. The van der Waals surface area contributed by atoms with Crippen LogP contribution in [-0.4, -0.2) is 12.8 Å². The fourth-order valence-electron chi connectivity index (χ4n) is 2.76. The third-order valence-electron chi connectivity index (χ3n) is 4.19. The first kappa shape index (κ1) is 21.4. The van der Waals surface area contributed by atoms with E-state index in [1.165, 1.54) is 0 Å². The zero-order valence-electron chi connectivity index (χ0n) is 16.5. The quantitative estimate of drug-likeness (QED) is 0.294. The van der Waals surface area contributed by atoms with Gasteiger partial charge in [0.15, 0.2) is 11.5 Å². The summed E-state index contributed by atoms with van der Waals surface area (Å²) in [7, 11) is 0. The summed E-state index contributed by atoms with van der Waals surface area (Å²) in [6.45, 7) is 3.09. The molecular weight excluding hydrogens is 444 g/mol. The van der Waals surface area contributed by atoms with Crippen LogP contribution in [0.25, 0.3) is 0 Å². The van der Waals surface area contributed by atoms with Gasteiger partial charge in [0.05, 0.1) is 28.9 Å². The summed E-state index contributed by atoms with van der Waals surface area (Å²) in [5.74, 6) is 1.26. The van der Waals surface area contributed by atoms with Gasteiger partial charge in [-0.15, -0.1) is 0 Å². The van der Waals surface area contributed by atoms with Crippen LogP contribution in [0.15, 0.2) is 76.4 Å². The van der Waals surface area contributed by atoms with Crippen LogP contribution in [-0.2, 0) is 18.1 Å². The van der Waals surface area contributed by atoms with Crippen molar-refractivity contribution >= 4 is 22.1 Å². The van der Waals surface area contributed by atoms with Crippen molar-refractivity contribution in [2.24, 2.45) is 5.16 Å². The van der Waals surface area contributed by atoms with E-state index >= 15 is 0 Å². The lowest BCUT2D eigenvalue weighted by Crippen LogP contribution is -2.01. The Bertz CT molecular complexity index is 1050. The largest absolute Gasteiger partial charge is 0.490 e. The minimum Gasteiger partial charge on any atom is -0.490 e. The van der Waals surface area contributed by atoms with E-state index in [2.05, 4.69) is 27.2 Å². The summed E-state index contributed by atoms with van der Waals surface area (Å²) in [6, 6.07) is 23.1. The first-order valence-electron chi connectivity index (χ1n) is 9.47. The van der Waals surface area contributed by atoms with E-state index in [0.717, 1.165) is 21.2 Å². The molecule has 0 aliphatic rings. The van der Waals surface area contributed by atoms with Crippen LogP contribution in [0.5, 0.6) is 11.5 Å². The molecule has 3 aromatic carbocycles. The van der Waals surface area contributed by atoms with Gasteiger partial charge in [-0.3, -0.25) is 0 Å². The molecule has 0 amide bonds. The third kappa shape index (κ3) is 5.85. The highest BCUT2D eigenvalue weighted by molar-refractivity contribution is 9.10. The molecule has 0 aliphatic heterocycles. The molecular formula is C24H21BrN2O3. The number of hydrogen-bond acceptors (Lipinski definition) is 5. The van der Waals surface area contributed by atoms with Crippen molar-refractivity contribution in [2.75, 3.05) is 6.61 Å². The van der Waals surface area contributed by atoms with Crippen molar-refractivity contribution < 1.29 is 14.3 Å². The van der Waals surface area contributed by atoms with Crippen LogP contribution >= 0.6 is 15.9 Å². The third-order valence-corrected chi connectivity index (χ3v) is 4.78. The predicted octanol–water partition coefficient (Wildman–Crippen LogP) is 5.85. The van der Waals surface area contributed by atoms with E-state index < -0.39 is 0 Å². The van der Waals surface area contributed by atoms with Crippen molar-refractivity contribution in [3.63, 3.8) is 0 Å². The molecule has 0 N–H and O–H groups in total. The summed E-state index contributed by atoms with van der Waals surface area (Å²) >= 11 is 3.56. The van der Waals surface area contributed by atoms with Gasteiger partial charge in [-0.2, -0.15) is 5.26 Å². The number of hydrogen-bond donors (Lipinski definition) is 0. The van der Waals surface area contributed by atoms with Crippen LogP contribution in [0.1, 0.15) is 29.2 Å². The molecule has 3 rings (SSSR count). The van der Waals surface area contributed by atoms with Gasteiger partial charge in [0.25, 0.3) is 0 Å². The second-order valence-electron chi connectivity index (χ2n) is 6.31. The Hall–Kier alpha value is -3.30. The molecule has 0 fully saturated rings. The SMILES string of the molecule is CCOc1cc(/C=N\OCc2ccccc2C#N)cc(Br)c1OCc1ccccc1. The van der Waals surface area contributed by atoms with Gasteiger partial charge >= 0.3 is 0 Å². The molecule has 0 atom stereocenters. The molecule has 0 aliphatic carbocycles. The van der Waals surface area contributed by atoms with E-state index in [9.17, 15) is 0 Å². The van der Waals surface area contributed by atoms with Crippen molar-refractivity contribution in [2.45, 2.75) is 20.1 Å². The smallest absolute Gasteiger partial charge is 0.175 e. The first-order valence-corrected chi connectivity index (χ1v) is 10.3. The zero-order chi connectivity index (χ0) is 21.2. The highest BCUT2D eigenvalue weighted by atomic mass is 79.9.